The van der Waals surface area contributed by atoms with Crippen LogP contribution in [0.25, 0.3) is 32.6 Å². The summed E-state index contributed by atoms with van der Waals surface area (Å²) in [7, 11) is 0. The third kappa shape index (κ3) is 2.65. The van der Waals surface area contributed by atoms with Gasteiger partial charge in [-0.3, -0.25) is 4.79 Å². The zero-order valence-electron chi connectivity index (χ0n) is 13.5. The number of pyridine rings is 1. The van der Waals surface area contributed by atoms with Crippen LogP contribution in [-0.4, -0.2) is 25.1 Å². The zero-order chi connectivity index (χ0) is 18.5. The van der Waals surface area contributed by atoms with Crippen LogP contribution in [0.5, 0.6) is 0 Å². The van der Waals surface area contributed by atoms with Gasteiger partial charge in [0.2, 0.25) is 0 Å². The number of nitrogens with one attached hydrogen (secondary N) is 2. The van der Waals surface area contributed by atoms with Gasteiger partial charge in [0.1, 0.15) is 10.8 Å². The largest absolute Gasteiger partial charge is 0.332 e. The SMILES string of the molecule is O=c1[nH]ccc2c3nc(Sc4ccc(Cl)nn4)[nH]c3c3ccc(F)cc3c12. The molecule has 5 aromatic rings. The number of aromatic nitrogens is 5. The monoisotopic (exact) mass is 397 g/mol. The summed E-state index contributed by atoms with van der Waals surface area (Å²) in [6.45, 7) is 0. The van der Waals surface area contributed by atoms with Crippen LogP contribution in [0, 0.1) is 5.82 Å². The normalized spacial score (nSPS) is 11.6. The number of hydrogen-bond acceptors (Lipinski definition) is 5. The lowest BCUT2D eigenvalue weighted by molar-refractivity contribution is 0.630. The maximum absolute atomic E-state index is 13.9. The van der Waals surface area contributed by atoms with Crippen molar-refractivity contribution < 1.29 is 4.39 Å². The number of hydrogen-bond donors (Lipinski definition) is 2. The molecule has 0 aliphatic heterocycles. The van der Waals surface area contributed by atoms with Crippen molar-refractivity contribution >= 4 is 55.9 Å². The van der Waals surface area contributed by atoms with Gasteiger partial charge in [-0.15, -0.1) is 10.2 Å². The fourth-order valence-electron chi connectivity index (χ4n) is 3.13. The minimum absolute atomic E-state index is 0.286. The number of benzene rings is 2. The maximum atomic E-state index is 13.9. The van der Waals surface area contributed by atoms with E-state index in [2.05, 4.69) is 25.1 Å². The summed E-state index contributed by atoms with van der Waals surface area (Å²) >= 11 is 7.06. The Hall–Kier alpha value is -2.97. The lowest BCUT2D eigenvalue weighted by Crippen LogP contribution is -2.05. The fourth-order valence-corrected chi connectivity index (χ4v) is 3.94. The molecule has 0 aliphatic carbocycles. The average Bonchev–Trinajstić information content (AvgIpc) is 3.07. The van der Waals surface area contributed by atoms with Crippen molar-refractivity contribution in [3.05, 3.63) is 63.9 Å². The number of aromatic amines is 2. The van der Waals surface area contributed by atoms with Crippen molar-refractivity contribution in [3.8, 4) is 0 Å². The maximum Gasteiger partial charge on any atom is 0.256 e. The van der Waals surface area contributed by atoms with E-state index in [0.717, 1.165) is 10.9 Å². The summed E-state index contributed by atoms with van der Waals surface area (Å²) < 4.78 is 13.9. The van der Waals surface area contributed by atoms with E-state index in [9.17, 15) is 9.18 Å². The second-order valence-electron chi connectivity index (χ2n) is 5.85. The van der Waals surface area contributed by atoms with Crippen LogP contribution in [-0.2, 0) is 0 Å². The Morgan fingerprint density at radius 1 is 1.04 bits per heavy atom. The minimum Gasteiger partial charge on any atom is -0.332 e. The number of halogens is 2. The predicted octanol–water partition coefficient (Wildman–Crippen LogP) is 4.29. The van der Waals surface area contributed by atoms with E-state index in [0.29, 0.717) is 37.0 Å². The molecular formula is C18H9ClFN5OS. The quantitative estimate of drug-likeness (QED) is 0.434. The second kappa shape index (κ2) is 6.04. The van der Waals surface area contributed by atoms with Crippen molar-refractivity contribution in [2.75, 3.05) is 0 Å². The molecule has 5 rings (SSSR count). The number of nitrogens with zero attached hydrogens (tertiary/aromatic N) is 3. The van der Waals surface area contributed by atoms with E-state index >= 15 is 0 Å². The molecule has 2 N–H and O–H groups in total. The minimum atomic E-state index is -0.406. The summed E-state index contributed by atoms with van der Waals surface area (Å²) in [6.07, 6.45) is 1.56. The molecule has 2 aromatic carbocycles. The van der Waals surface area contributed by atoms with E-state index in [1.54, 1.807) is 30.5 Å². The smallest absolute Gasteiger partial charge is 0.256 e. The molecule has 9 heteroatoms. The molecule has 0 bridgehead atoms. The zero-order valence-corrected chi connectivity index (χ0v) is 15.0. The van der Waals surface area contributed by atoms with Gasteiger partial charge in [-0.2, -0.15) is 0 Å². The Bertz CT molecular complexity index is 1400. The van der Waals surface area contributed by atoms with E-state index in [4.69, 9.17) is 11.6 Å². The molecule has 0 amide bonds. The number of fused-ring (bicyclic) bond motifs is 6. The fraction of sp³-hybridized carbons (Fsp3) is 0. The van der Waals surface area contributed by atoms with Crippen LogP contribution in [0.3, 0.4) is 0 Å². The number of rotatable bonds is 2. The van der Waals surface area contributed by atoms with E-state index in [1.165, 1.54) is 23.9 Å². The standard InChI is InChI=1S/C18H9ClFN5OS/c19-12-3-4-13(25-24-12)27-18-22-15-9-2-1-8(20)7-11(9)14-10(16(15)23-18)5-6-21-17(14)26/h1-7H,(H,21,26)(H,22,23). The molecule has 3 aromatic heterocycles. The first kappa shape index (κ1) is 16.2. The Morgan fingerprint density at radius 3 is 2.74 bits per heavy atom. The predicted molar refractivity (Wildman–Crippen MR) is 103 cm³/mol. The van der Waals surface area contributed by atoms with Gasteiger partial charge in [-0.1, -0.05) is 11.6 Å². The third-order valence-corrected chi connectivity index (χ3v) is 5.24. The van der Waals surface area contributed by atoms with Crippen LogP contribution in [0.2, 0.25) is 5.15 Å². The first-order chi connectivity index (χ1) is 13.1. The summed E-state index contributed by atoms with van der Waals surface area (Å²) in [4.78, 5) is 23.0. The Kier molecular flexibility index (Phi) is 3.63. The van der Waals surface area contributed by atoms with Gasteiger partial charge in [0.15, 0.2) is 10.3 Å². The molecule has 0 saturated carbocycles. The second-order valence-corrected chi connectivity index (χ2v) is 7.24. The van der Waals surface area contributed by atoms with Gasteiger partial charge in [0, 0.05) is 22.4 Å². The van der Waals surface area contributed by atoms with Gasteiger partial charge >= 0.3 is 0 Å². The summed E-state index contributed by atoms with van der Waals surface area (Å²) in [5.74, 6) is -0.406. The van der Waals surface area contributed by atoms with Gasteiger partial charge in [-0.25, -0.2) is 9.37 Å². The summed E-state index contributed by atoms with van der Waals surface area (Å²) in [5.41, 5.74) is 1.08. The van der Waals surface area contributed by atoms with Crippen molar-refractivity contribution in [2.24, 2.45) is 0 Å². The highest BCUT2D eigenvalue weighted by Gasteiger charge is 2.16. The van der Waals surface area contributed by atoms with Crippen molar-refractivity contribution in [1.29, 1.82) is 0 Å². The average molecular weight is 398 g/mol. The highest BCUT2D eigenvalue weighted by molar-refractivity contribution is 7.99. The van der Waals surface area contributed by atoms with Gasteiger partial charge in [0.25, 0.3) is 5.56 Å². The molecule has 6 nitrogen and oxygen atoms in total. The van der Waals surface area contributed by atoms with Crippen molar-refractivity contribution in [2.45, 2.75) is 10.2 Å². The molecule has 3 heterocycles. The molecule has 0 atom stereocenters. The van der Waals surface area contributed by atoms with Gasteiger partial charge < -0.3 is 9.97 Å². The topological polar surface area (TPSA) is 87.3 Å². The molecule has 0 radical (unpaired) electrons. The molecule has 0 unspecified atom stereocenters. The summed E-state index contributed by atoms with van der Waals surface area (Å²) in [6, 6.07) is 9.53. The Balaban J connectivity index is 1.82. The molecule has 0 spiro atoms. The highest BCUT2D eigenvalue weighted by atomic mass is 35.5. The first-order valence-corrected chi connectivity index (χ1v) is 9.09. The third-order valence-electron chi connectivity index (χ3n) is 4.23. The van der Waals surface area contributed by atoms with E-state index in [1.807, 2.05) is 0 Å². The Labute approximate surface area is 159 Å². The van der Waals surface area contributed by atoms with Crippen LogP contribution in [0.4, 0.5) is 4.39 Å². The van der Waals surface area contributed by atoms with Crippen molar-refractivity contribution in [1.82, 2.24) is 25.1 Å². The molecule has 0 saturated heterocycles. The number of H-pyrrole nitrogens is 2. The molecule has 132 valence electrons. The first-order valence-electron chi connectivity index (χ1n) is 7.89. The lowest BCUT2D eigenvalue weighted by Gasteiger charge is -2.05. The van der Waals surface area contributed by atoms with Crippen molar-refractivity contribution in [3.63, 3.8) is 0 Å². The van der Waals surface area contributed by atoms with Gasteiger partial charge in [0.05, 0.1) is 16.4 Å². The Morgan fingerprint density at radius 2 is 1.93 bits per heavy atom. The van der Waals surface area contributed by atoms with Crippen LogP contribution >= 0.6 is 23.4 Å². The van der Waals surface area contributed by atoms with E-state index < -0.39 is 5.82 Å². The van der Waals surface area contributed by atoms with Crippen LogP contribution in [0.1, 0.15) is 0 Å². The van der Waals surface area contributed by atoms with Crippen LogP contribution in [0.15, 0.2) is 57.6 Å². The number of imidazole rings is 1. The van der Waals surface area contributed by atoms with Gasteiger partial charge in [-0.05, 0) is 48.2 Å². The summed E-state index contributed by atoms with van der Waals surface area (Å²) in [5, 5.41) is 11.7. The molecule has 0 aliphatic rings. The molecule has 0 fully saturated rings. The van der Waals surface area contributed by atoms with E-state index in [-0.39, 0.29) is 5.56 Å². The van der Waals surface area contributed by atoms with Crippen LogP contribution < -0.4 is 5.56 Å². The molecule has 27 heavy (non-hydrogen) atoms. The highest BCUT2D eigenvalue weighted by Crippen LogP contribution is 2.35. The lowest BCUT2D eigenvalue weighted by atomic mass is 10.0. The molecular weight excluding hydrogens is 389 g/mol.